The van der Waals surface area contributed by atoms with Gasteiger partial charge in [0.25, 0.3) is 0 Å². The van der Waals surface area contributed by atoms with Crippen molar-refractivity contribution in [1.29, 1.82) is 0 Å². The monoisotopic (exact) mass is 298 g/mol. The molecule has 7 heteroatoms. The predicted octanol–water partition coefficient (Wildman–Crippen LogP) is 0.250. The van der Waals surface area contributed by atoms with Crippen molar-refractivity contribution < 1.29 is 33.7 Å². The van der Waals surface area contributed by atoms with Gasteiger partial charge in [-0.15, -0.1) is 0 Å². The van der Waals surface area contributed by atoms with E-state index >= 15 is 0 Å². The van der Waals surface area contributed by atoms with Crippen LogP contribution >= 0.6 is 0 Å². The topological polar surface area (TPSA) is 99.1 Å². The maximum absolute atomic E-state index is 12.1. The van der Waals surface area contributed by atoms with E-state index in [9.17, 15) is 19.5 Å². The van der Waals surface area contributed by atoms with Gasteiger partial charge in [0.1, 0.15) is 5.76 Å². The number of esters is 2. The van der Waals surface area contributed by atoms with Gasteiger partial charge in [0.15, 0.2) is 5.78 Å². The van der Waals surface area contributed by atoms with Gasteiger partial charge in [-0.1, -0.05) is 0 Å². The molecule has 0 saturated carbocycles. The highest BCUT2D eigenvalue weighted by Gasteiger charge is 2.62. The first kappa shape index (κ1) is 15.5. The Hall–Kier alpha value is -1.89. The van der Waals surface area contributed by atoms with E-state index in [1.54, 1.807) is 13.8 Å². The van der Waals surface area contributed by atoms with E-state index in [2.05, 4.69) is 0 Å². The summed E-state index contributed by atoms with van der Waals surface area (Å²) in [5.74, 6) is -2.18. The Morgan fingerprint density at radius 1 is 1.29 bits per heavy atom. The third kappa shape index (κ3) is 2.42. The van der Waals surface area contributed by atoms with Crippen LogP contribution in [0.4, 0.5) is 0 Å². The molecule has 0 radical (unpaired) electrons. The minimum absolute atomic E-state index is 0.00743. The second-order valence-corrected chi connectivity index (χ2v) is 4.81. The second-order valence-electron chi connectivity index (χ2n) is 4.81. The fourth-order valence-corrected chi connectivity index (χ4v) is 2.60. The molecule has 0 bridgehead atoms. The average molecular weight is 298 g/mol. The van der Waals surface area contributed by atoms with E-state index in [0.717, 1.165) is 0 Å². The van der Waals surface area contributed by atoms with Gasteiger partial charge in [0.05, 0.1) is 18.8 Å². The summed E-state index contributed by atoms with van der Waals surface area (Å²) in [6, 6.07) is 0. The van der Waals surface area contributed by atoms with Crippen LogP contribution in [0.2, 0.25) is 0 Å². The molecular formula is C14H18O7. The standard InChI is InChI=1S/C14H18O7/c1-3-19-12(16)11-14(18,13(17)20-4-2)10-8(15)6-5-7-9(10)21-11/h11,18H,3-7H2,1-2H3/t11-,14-/m1/s1. The summed E-state index contributed by atoms with van der Waals surface area (Å²) < 4.78 is 15.0. The van der Waals surface area contributed by atoms with Crippen molar-refractivity contribution in [3.05, 3.63) is 11.3 Å². The molecule has 0 aromatic heterocycles. The molecule has 7 nitrogen and oxygen atoms in total. The molecule has 0 amide bonds. The highest BCUT2D eigenvalue weighted by atomic mass is 16.6. The van der Waals surface area contributed by atoms with Gasteiger partial charge in [-0.2, -0.15) is 0 Å². The lowest BCUT2D eigenvalue weighted by molar-refractivity contribution is -0.181. The number of hydrogen-bond donors (Lipinski definition) is 1. The SMILES string of the molecule is CCOC(=O)[C@H]1OC2=C(C(=O)CCC2)[C@]1(O)C(=O)OCC. The maximum atomic E-state index is 12.1. The van der Waals surface area contributed by atoms with Gasteiger partial charge in [-0.3, -0.25) is 4.79 Å². The molecule has 0 aromatic rings. The van der Waals surface area contributed by atoms with Crippen LogP contribution in [0.5, 0.6) is 0 Å². The summed E-state index contributed by atoms with van der Waals surface area (Å²) in [4.78, 5) is 36.2. The van der Waals surface area contributed by atoms with Crippen LogP contribution < -0.4 is 0 Å². The van der Waals surface area contributed by atoms with E-state index in [-0.39, 0.29) is 31.0 Å². The fourth-order valence-electron chi connectivity index (χ4n) is 2.60. The van der Waals surface area contributed by atoms with Crippen molar-refractivity contribution in [2.24, 2.45) is 0 Å². The Balaban J connectivity index is 2.44. The molecule has 0 spiro atoms. The van der Waals surface area contributed by atoms with Crippen molar-refractivity contribution in [2.75, 3.05) is 13.2 Å². The lowest BCUT2D eigenvalue weighted by Crippen LogP contribution is -2.55. The smallest absolute Gasteiger partial charge is 0.351 e. The Morgan fingerprint density at radius 2 is 1.95 bits per heavy atom. The summed E-state index contributed by atoms with van der Waals surface area (Å²) in [5.41, 5.74) is -2.58. The summed E-state index contributed by atoms with van der Waals surface area (Å²) in [6.45, 7) is 3.23. The van der Waals surface area contributed by atoms with Crippen LogP contribution in [0, 0.1) is 0 Å². The molecule has 0 fully saturated rings. The molecule has 1 aliphatic heterocycles. The van der Waals surface area contributed by atoms with Gasteiger partial charge in [-0.05, 0) is 20.3 Å². The van der Waals surface area contributed by atoms with Crippen LogP contribution in [0.3, 0.4) is 0 Å². The fraction of sp³-hybridized carbons (Fsp3) is 0.643. The van der Waals surface area contributed by atoms with E-state index in [1.165, 1.54) is 0 Å². The number of aliphatic hydroxyl groups is 1. The Kier molecular flexibility index (Phi) is 4.32. The minimum Gasteiger partial charge on any atom is -0.478 e. The number of hydrogen-bond acceptors (Lipinski definition) is 7. The van der Waals surface area contributed by atoms with Crippen molar-refractivity contribution in [3.8, 4) is 0 Å². The lowest BCUT2D eigenvalue weighted by atomic mass is 9.82. The molecule has 0 saturated heterocycles. The van der Waals surface area contributed by atoms with Gasteiger partial charge >= 0.3 is 11.9 Å². The number of rotatable bonds is 4. The Morgan fingerprint density at radius 3 is 2.57 bits per heavy atom. The van der Waals surface area contributed by atoms with Crippen LogP contribution in [-0.2, 0) is 28.6 Å². The number of carbonyl (C=O) groups is 3. The molecular weight excluding hydrogens is 280 g/mol. The molecule has 2 rings (SSSR count). The van der Waals surface area contributed by atoms with Crippen LogP contribution in [0.1, 0.15) is 33.1 Å². The largest absolute Gasteiger partial charge is 0.478 e. The highest BCUT2D eigenvalue weighted by molar-refractivity contribution is 6.08. The third-order valence-electron chi connectivity index (χ3n) is 3.47. The van der Waals surface area contributed by atoms with E-state index in [0.29, 0.717) is 12.8 Å². The van der Waals surface area contributed by atoms with Crippen LogP contribution in [-0.4, -0.2) is 47.7 Å². The average Bonchev–Trinajstić information content (AvgIpc) is 2.75. The van der Waals surface area contributed by atoms with Gasteiger partial charge < -0.3 is 19.3 Å². The predicted molar refractivity (Wildman–Crippen MR) is 69.0 cm³/mol. The summed E-state index contributed by atoms with van der Waals surface area (Å²) in [6.07, 6.45) is -0.465. The van der Waals surface area contributed by atoms with Crippen LogP contribution in [0.25, 0.3) is 0 Å². The highest BCUT2D eigenvalue weighted by Crippen LogP contribution is 2.42. The lowest BCUT2D eigenvalue weighted by Gasteiger charge is -2.26. The first-order valence-corrected chi connectivity index (χ1v) is 6.96. The summed E-state index contributed by atoms with van der Waals surface area (Å²) in [5, 5.41) is 10.7. The van der Waals surface area contributed by atoms with Gasteiger partial charge in [0.2, 0.25) is 11.7 Å². The van der Waals surface area contributed by atoms with Crippen molar-refractivity contribution in [3.63, 3.8) is 0 Å². The molecule has 1 N–H and O–H groups in total. The molecule has 2 atom stereocenters. The van der Waals surface area contributed by atoms with Gasteiger partial charge in [0, 0.05) is 12.8 Å². The zero-order valence-electron chi connectivity index (χ0n) is 12.0. The molecule has 0 unspecified atom stereocenters. The first-order valence-electron chi connectivity index (χ1n) is 6.96. The van der Waals surface area contributed by atoms with E-state index in [4.69, 9.17) is 14.2 Å². The van der Waals surface area contributed by atoms with Gasteiger partial charge in [-0.25, -0.2) is 9.59 Å². The maximum Gasteiger partial charge on any atom is 0.351 e. The van der Waals surface area contributed by atoms with Crippen molar-refractivity contribution in [1.82, 2.24) is 0 Å². The Labute approximate surface area is 121 Å². The Bertz CT molecular complexity index is 507. The third-order valence-corrected chi connectivity index (χ3v) is 3.47. The molecule has 1 aliphatic carbocycles. The number of ketones is 1. The zero-order chi connectivity index (χ0) is 15.6. The van der Waals surface area contributed by atoms with Crippen molar-refractivity contribution in [2.45, 2.75) is 44.8 Å². The van der Waals surface area contributed by atoms with Crippen LogP contribution in [0.15, 0.2) is 11.3 Å². The number of Topliss-reactive ketones (excluding diaryl/α,β-unsaturated/α-hetero) is 1. The number of carbonyl (C=O) groups excluding carboxylic acids is 3. The number of allylic oxidation sites excluding steroid dienone is 1. The zero-order valence-corrected chi connectivity index (χ0v) is 12.0. The molecule has 0 aromatic carbocycles. The molecule has 116 valence electrons. The molecule has 1 heterocycles. The van der Waals surface area contributed by atoms with E-state index in [1.807, 2.05) is 0 Å². The first-order chi connectivity index (χ1) is 9.96. The number of ether oxygens (including phenoxy) is 3. The summed E-state index contributed by atoms with van der Waals surface area (Å²) in [7, 11) is 0. The molecule has 21 heavy (non-hydrogen) atoms. The summed E-state index contributed by atoms with van der Waals surface area (Å²) >= 11 is 0. The normalized spacial score (nSPS) is 28.0. The second kappa shape index (κ2) is 5.85. The molecule has 2 aliphatic rings. The minimum atomic E-state index is -2.42. The van der Waals surface area contributed by atoms with E-state index < -0.39 is 29.4 Å². The quantitative estimate of drug-likeness (QED) is 0.743. The van der Waals surface area contributed by atoms with Crippen molar-refractivity contribution >= 4 is 17.7 Å².